The lowest BCUT2D eigenvalue weighted by Gasteiger charge is -2.10. The zero-order valence-corrected chi connectivity index (χ0v) is 10.5. The van der Waals surface area contributed by atoms with Gasteiger partial charge in [0.1, 0.15) is 11.6 Å². The number of rotatable bonds is 6. The summed E-state index contributed by atoms with van der Waals surface area (Å²) < 4.78 is 0. The van der Waals surface area contributed by atoms with Gasteiger partial charge >= 0.3 is 0 Å². The Kier molecular flexibility index (Phi) is 5.08. The van der Waals surface area contributed by atoms with Crippen molar-refractivity contribution in [2.75, 3.05) is 32.5 Å². The van der Waals surface area contributed by atoms with Gasteiger partial charge in [-0.2, -0.15) is 5.26 Å². The van der Waals surface area contributed by atoms with E-state index in [1.165, 1.54) is 12.1 Å². The van der Waals surface area contributed by atoms with Gasteiger partial charge in [-0.05, 0) is 39.2 Å². The molecule has 0 saturated carbocycles. The van der Waals surface area contributed by atoms with Crippen molar-refractivity contribution in [1.29, 1.82) is 5.26 Å². The summed E-state index contributed by atoms with van der Waals surface area (Å²) in [5.41, 5.74) is 0.591. The zero-order valence-electron chi connectivity index (χ0n) is 10.5. The van der Waals surface area contributed by atoms with Crippen LogP contribution in [-0.2, 0) is 0 Å². The predicted octanol–water partition coefficient (Wildman–Crippen LogP) is 1.83. The molecule has 0 aliphatic carbocycles. The van der Waals surface area contributed by atoms with E-state index in [0.29, 0.717) is 5.69 Å². The van der Waals surface area contributed by atoms with Crippen molar-refractivity contribution in [3.05, 3.63) is 33.9 Å². The second-order valence-electron chi connectivity index (χ2n) is 4.18. The lowest BCUT2D eigenvalue weighted by molar-refractivity contribution is -0.385. The van der Waals surface area contributed by atoms with E-state index >= 15 is 0 Å². The maximum absolute atomic E-state index is 10.8. The Hall–Kier alpha value is -2.13. The summed E-state index contributed by atoms with van der Waals surface area (Å²) in [4.78, 5) is 12.3. The highest BCUT2D eigenvalue weighted by Crippen LogP contribution is 2.22. The van der Waals surface area contributed by atoms with Crippen LogP contribution in [-0.4, -0.2) is 37.0 Å². The summed E-state index contributed by atoms with van der Waals surface area (Å²) >= 11 is 0. The third-order valence-corrected chi connectivity index (χ3v) is 2.43. The summed E-state index contributed by atoms with van der Waals surface area (Å²) in [6.45, 7) is 1.69. The van der Waals surface area contributed by atoms with Crippen molar-refractivity contribution in [2.45, 2.75) is 6.42 Å². The van der Waals surface area contributed by atoms with Crippen molar-refractivity contribution >= 4 is 11.4 Å². The normalized spacial score (nSPS) is 10.1. The van der Waals surface area contributed by atoms with Gasteiger partial charge in [-0.25, -0.2) is 0 Å². The molecule has 6 heteroatoms. The second kappa shape index (κ2) is 6.57. The SMILES string of the molecule is CN(C)CCCNc1ccc(C#N)c([N+](=O)[O-])c1. The van der Waals surface area contributed by atoms with Gasteiger partial charge in [0.25, 0.3) is 5.69 Å². The topological polar surface area (TPSA) is 82.2 Å². The van der Waals surface area contributed by atoms with Gasteiger partial charge in [0.2, 0.25) is 0 Å². The lowest BCUT2D eigenvalue weighted by Crippen LogP contribution is -2.16. The van der Waals surface area contributed by atoms with Crippen LogP contribution in [0.1, 0.15) is 12.0 Å². The summed E-state index contributed by atoms with van der Waals surface area (Å²) in [5.74, 6) is 0. The van der Waals surface area contributed by atoms with Crippen LogP contribution in [0.25, 0.3) is 0 Å². The van der Waals surface area contributed by atoms with Crippen molar-refractivity contribution in [1.82, 2.24) is 4.90 Å². The van der Waals surface area contributed by atoms with Crippen molar-refractivity contribution in [3.8, 4) is 6.07 Å². The van der Waals surface area contributed by atoms with E-state index in [9.17, 15) is 10.1 Å². The molecular formula is C12H16N4O2. The molecule has 0 spiro atoms. The molecule has 0 bridgehead atoms. The molecular weight excluding hydrogens is 232 g/mol. The number of anilines is 1. The molecule has 1 N–H and O–H groups in total. The van der Waals surface area contributed by atoms with Crippen LogP contribution in [0, 0.1) is 21.4 Å². The van der Waals surface area contributed by atoms with Gasteiger partial charge in [0, 0.05) is 18.3 Å². The molecule has 0 fully saturated rings. The molecule has 0 aromatic heterocycles. The summed E-state index contributed by atoms with van der Waals surface area (Å²) in [6, 6.07) is 6.35. The van der Waals surface area contributed by atoms with Crippen LogP contribution in [0.2, 0.25) is 0 Å². The second-order valence-corrected chi connectivity index (χ2v) is 4.18. The third-order valence-electron chi connectivity index (χ3n) is 2.43. The Morgan fingerprint density at radius 2 is 2.22 bits per heavy atom. The smallest absolute Gasteiger partial charge is 0.289 e. The van der Waals surface area contributed by atoms with Gasteiger partial charge in [-0.1, -0.05) is 0 Å². The highest BCUT2D eigenvalue weighted by atomic mass is 16.6. The number of nitro groups is 1. The maximum atomic E-state index is 10.8. The van der Waals surface area contributed by atoms with E-state index in [0.717, 1.165) is 19.5 Å². The molecule has 0 saturated heterocycles. The quantitative estimate of drug-likeness (QED) is 0.472. The number of hydrogen-bond donors (Lipinski definition) is 1. The van der Waals surface area contributed by atoms with Crippen LogP contribution in [0.3, 0.4) is 0 Å². The summed E-state index contributed by atoms with van der Waals surface area (Å²) in [6.07, 6.45) is 0.945. The van der Waals surface area contributed by atoms with Gasteiger partial charge in [-0.3, -0.25) is 10.1 Å². The molecule has 0 radical (unpaired) electrons. The molecule has 0 unspecified atom stereocenters. The highest BCUT2D eigenvalue weighted by molar-refractivity contribution is 5.59. The summed E-state index contributed by atoms with van der Waals surface area (Å²) in [7, 11) is 3.99. The fourth-order valence-electron chi connectivity index (χ4n) is 1.52. The maximum Gasteiger partial charge on any atom is 0.289 e. The molecule has 0 aliphatic heterocycles. The standard InChI is InChI=1S/C12H16N4O2/c1-15(2)7-3-6-14-11-5-4-10(9-13)12(8-11)16(17)18/h4-5,8,14H,3,6-7H2,1-2H3. The molecule has 1 rings (SSSR count). The van der Waals surface area contributed by atoms with E-state index in [-0.39, 0.29) is 11.3 Å². The van der Waals surface area contributed by atoms with Crippen LogP contribution in [0.5, 0.6) is 0 Å². The Morgan fingerprint density at radius 1 is 1.50 bits per heavy atom. The molecule has 96 valence electrons. The first-order chi connectivity index (χ1) is 8.54. The van der Waals surface area contributed by atoms with Gasteiger partial charge < -0.3 is 10.2 Å². The third kappa shape index (κ3) is 4.03. The molecule has 0 amide bonds. The minimum atomic E-state index is -0.538. The first-order valence-corrected chi connectivity index (χ1v) is 5.61. The Bertz CT molecular complexity index is 466. The van der Waals surface area contributed by atoms with Crippen LogP contribution < -0.4 is 5.32 Å². The van der Waals surface area contributed by atoms with E-state index in [1.54, 1.807) is 6.07 Å². The number of benzene rings is 1. The largest absolute Gasteiger partial charge is 0.385 e. The average Bonchev–Trinajstić information content (AvgIpc) is 2.34. The van der Waals surface area contributed by atoms with Crippen LogP contribution in [0.4, 0.5) is 11.4 Å². The first-order valence-electron chi connectivity index (χ1n) is 5.61. The highest BCUT2D eigenvalue weighted by Gasteiger charge is 2.13. The molecule has 0 atom stereocenters. The fraction of sp³-hybridized carbons (Fsp3) is 0.417. The van der Waals surface area contributed by atoms with E-state index < -0.39 is 4.92 Å². The van der Waals surface area contributed by atoms with Crippen LogP contribution >= 0.6 is 0 Å². The number of nitrogens with one attached hydrogen (secondary N) is 1. The zero-order chi connectivity index (χ0) is 13.5. The van der Waals surface area contributed by atoms with Crippen molar-refractivity contribution in [2.24, 2.45) is 0 Å². The molecule has 1 aromatic rings. The Balaban J connectivity index is 2.65. The van der Waals surface area contributed by atoms with Crippen molar-refractivity contribution in [3.63, 3.8) is 0 Å². The summed E-state index contributed by atoms with van der Waals surface area (Å²) in [5, 5.41) is 22.6. The number of hydrogen-bond acceptors (Lipinski definition) is 5. The first kappa shape index (κ1) is 13.9. The van der Waals surface area contributed by atoms with Crippen molar-refractivity contribution < 1.29 is 4.92 Å². The van der Waals surface area contributed by atoms with E-state index in [1.807, 2.05) is 20.2 Å². The number of nitro benzene ring substituents is 1. The number of nitriles is 1. The molecule has 6 nitrogen and oxygen atoms in total. The van der Waals surface area contributed by atoms with Crippen LogP contribution in [0.15, 0.2) is 18.2 Å². The van der Waals surface area contributed by atoms with Gasteiger partial charge in [0.15, 0.2) is 0 Å². The lowest BCUT2D eigenvalue weighted by atomic mass is 10.2. The minimum absolute atomic E-state index is 0.0823. The molecule has 1 aromatic carbocycles. The Labute approximate surface area is 106 Å². The Morgan fingerprint density at radius 3 is 2.78 bits per heavy atom. The fourth-order valence-corrected chi connectivity index (χ4v) is 1.52. The molecule has 18 heavy (non-hydrogen) atoms. The van der Waals surface area contributed by atoms with Gasteiger partial charge in [0.05, 0.1) is 4.92 Å². The monoisotopic (exact) mass is 248 g/mol. The predicted molar refractivity (Wildman–Crippen MR) is 69.5 cm³/mol. The minimum Gasteiger partial charge on any atom is -0.385 e. The molecule has 0 heterocycles. The van der Waals surface area contributed by atoms with E-state index in [2.05, 4.69) is 10.2 Å². The number of nitrogens with zero attached hydrogens (tertiary/aromatic N) is 3. The molecule has 0 aliphatic rings. The average molecular weight is 248 g/mol. The van der Waals surface area contributed by atoms with Gasteiger partial charge in [-0.15, -0.1) is 0 Å². The van der Waals surface area contributed by atoms with E-state index in [4.69, 9.17) is 5.26 Å².